The number of hydrogen-bond donors (Lipinski definition) is 1. The third-order valence-electron chi connectivity index (χ3n) is 4.10. The largest absolute Gasteiger partial charge is 0.486 e. The van der Waals surface area contributed by atoms with Gasteiger partial charge >= 0.3 is 0 Å². The molecule has 1 heterocycles. The average Bonchev–Trinajstić information content (AvgIpc) is 2.67. The molecule has 1 aliphatic rings. The Bertz CT molecular complexity index is 882. The first-order valence-electron chi connectivity index (χ1n) is 8.61. The molecule has 1 aliphatic heterocycles. The summed E-state index contributed by atoms with van der Waals surface area (Å²) in [5, 5.41) is 4.78. The minimum Gasteiger partial charge on any atom is -0.486 e. The van der Waals surface area contributed by atoms with E-state index in [0.717, 1.165) is 11.1 Å². The number of carbonyl (C=O) groups is 1. The Hall–Kier alpha value is -2.73. The molecule has 0 spiro atoms. The molecule has 0 aliphatic carbocycles. The number of hydrazone groups is 1. The molecule has 142 valence electrons. The molecular weight excluding hydrogens is 368 g/mol. The van der Waals surface area contributed by atoms with Crippen molar-refractivity contribution in [2.45, 2.75) is 26.9 Å². The first kappa shape index (κ1) is 19.0. The van der Waals surface area contributed by atoms with Gasteiger partial charge in [0.25, 0.3) is 5.91 Å². The van der Waals surface area contributed by atoms with Crippen molar-refractivity contribution in [3.05, 3.63) is 52.5 Å². The summed E-state index contributed by atoms with van der Waals surface area (Å²) >= 11 is 5.93. The topological polar surface area (TPSA) is 69.2 Å². The van der Waals surface area contributed by atoms with Crippen LogP contribution in [0.15, 0.2) is 41.5 Å². The molecule has 7 heteroatoms. The summed E-state index contributed by atoms with van der Waals surface area (Å²) in [6, 6.07) is 10.8. The molecule has 6 nitrogen and oxygen atoms in total. The van der Waals surface area contributed by atoms with Gasteiger partial charge in [-0.3, -0.25) is 4.79 Å². The number of hydrogen-bond acceptors (Lipinski definition) is 5. The Balaban J connectivity index is 1.63. The maximum atomic E-state index is 12.3. The molecule has 2 aromatic rings. The van der Waals surface area contributed by atoms with Gasteiger partial charge < -0.3 is 14.2 Å². The fraction of sp³-hybridized carbons (Fsp3) is 0.300. The van der Waals surface area contributed by atoms with Crippen LogP contribution < -0.4 is 19.6 Å². The van der Waals surface area contributed by atoms with Crippen LogP contribution in [0.25, 0.3) is 0 Å². The lowest BCUT2D eigenvalue weighted by molar-refractivity contribution is -0.127. The summed E-state index contributed by atoms with van der Waals surface area (Å²) in [4.78, 5) is 12.3. The quantitative estimate of drug-likeness (QED) is 0.626. The predicted molar refractivity (Wildman–Crippen MR) is 104 cm³/mol. The van der Waals surface area contributed by atoms with Crippen molar-refractivity contribution in [1.82, 2.24) is 5.43 Å². The molecule has 0 fully saturated rings. The normalized spacial score (nSPS) is 14.4. The molecule has 2 aromatic carbocycles. The van der Waals surface area contributed by atoms with Gasteiger partial charge in [-0.2, -0.15) is 5.10 Å². The third kappa shape index (κ3) is 4.71. The van der Waals surface area contributed by atoms with Gasteiger partial charge in [0.15, 0.2) is 17.6 Å². The smallest absolute Gasteiger partial charge is 0.280 e. The molecule has 3 rings (SSSR count). The summed E-state index contributed by atoms with van der Waals surface area (Å²) in [6.45, 7) is 6.40. The highest BCUT2D eigenvalue weighted by Crippen LogP contribution is 2.30. The first-order chi connectivity index (χ1) is 12.9. The number of nitrogens with zero attached hydrogens (tertiary/aromatic N) is 1. The molecule has 1 amide bonds. The maximum Gasteiger partial charge on any atom is 0.280 e. The summed E-state index contributed by atoms with van der Waals surface area (Å²) in [5.74, 6) is 1.65. The Morgan fingerprint density at radius 1 is 1.19 bits per heavy atom. The average molecular weight is 389 g/mol. The van der Waals surface area contributed by atoms with Crippen LogP contribution in [0.5, 0.6) is 17.2 Å². The van der Waals surface area contributed by atoms with E-state index in [-0.39, 0.29) is 5.91 Å². The first-order valence-corrected chi connectivity index (χ1v) is 8.99. The van der Waals surface area contributed by atoms with Gasteiger partial charge in [0.1, 0.15) is 19.0 Å². The fourth-order valence-electron chi connectivity index (χ4n) is 2.55. The van der Waals surface area contributed by atoms with E-state index >= 15 is 0 Å². The number of ether oxygens (including phenoxy) is 3. The van der Waals surface area contributed by atoms with E-state index in [1.807, 2.05) is 25.1 Å². The van der Waals surface area contributed by atoms with Crippen LogP contribution in [0, 0.1) is 6.92 Å². The molecule has 1 N–H and O–H groups in total. The second-order valence-corrected chi connectivity index (χ2v) is 6.64. The van der Waals surface area contributed by atoms with E-state index in [2.05, 4.69) is 10.5 Å². The number of nitrogens with one attached hydrogen (secondary N) is 1. The van der Waals surface area contributed by atoms with Crippen LogP contribution in [0.3, 0.4) is 0 Å². The highest BCUT2D eigenvalue weighted by molar-refractivity contribution is 6.30. The van der Waals surface area contributed by atoms with Crippen molar-refractivity contribution in [2.75, 3.05) is 13.2 Å². The third-order valence-corrected chi connectivity index (χ3v) is 4.34. The molecule has 0 saturated carbocycles. The second-order valence-electron chi connectivity index (χ2n) is 6.20. The minimum atomic E-state index is -0.707. The molecule has 0 unspecified atom stereocenters. The Morgan fingerprint density at radius 2 is 1.93 bits per heavy atom. The molecule has 0 saturated heterocycles. The van der Waals surface area contributed by atoms with Crippen molar-refractivity contribution in [3.63, 3.8) is 0 Å². The van der Waals surface area contributed by atoms with Gasteiger partial charge in [0.05, 0.1) is 5.71 Å². The molecule has 1 atom stereocenters. The molecule has 0 bridgehead atoms. The summed E-state index contributed by atoms with van der Waals surface area (Å²) in [7, 11) is 0. The number of amides is 1. The van der Waals surface area contributed by atoms with E-state index in [1.165, 1.54) is 0 Å². The van der Waals surface area contributed by atoms with Crippen LogP contribution in [0.2, 0.25) is 5.02 Å². The number of fused-ring (bicyclic) bond motifs is 1. The van der Waals surface area contributed by atoms with Crippen molar-refractivity contribution < 1.29 is 19.0 Å². The van der Waals surface area contributed by atoms with Crippen molar-refractivity contribution in [2.24, 2.45) is 5.10 Å². The maximum absolute atomic E-state index is 12.3. The molecular formula is C20H21ClN2O4. The van der Waals surface area contributed by atoms with Crippen molar-refractivity contribution in [3.8, 4) is 17.2 Å². The zero-order valence-corrected chi connectivity index (χ0v) is 16.2. The van der Waals surface area contributed by atoms with Crippen LogP contribution in [-0.2, 0) is 4.79 Å². The van der Waals surface area contributed by atoms with E-state index in [1.54, 1.807) is 32.0 Å². The van der Waals surface area contributed by atoms with Crippen molar-refractivity contribution in [1.29, 1.82) is 0 Å². The lowest BCUT2D eigenvalue weighted by Gasteiger charge is -2.19. The lowest BCUT2D eigenvalue weighted by atomic mass is 10.1. The van der Waals surface area contributed by atoms with Crippen LogP contribution >= 0.6 is 11.6 Å². The second kappa shape index (κ2) is 8.31. The van der Waals surface area contributed by atoms with Gasteiger partial charge in [0, 0.05) is 10.6 Å². The summed E-state index contributed by atoms with van der Waals surface area (Å²) in [5.41, 5.74) is 4.88. The van der Waals surface area contributed by atoms with E-state index in [4.69, 9.17) is 25.8 Å². The number of rotatable bonds is 5. The monoisotopic (exact) mass is 388 g/mol. The highest BCUT2D eigenvalue weighted by atomic mass is 35.5. The Labute approximate surface area is 163 Å². The standard InChI is InChI=1S/C20H21ClN2O4/c1-12-10-16(21)5-7-17(12)27-14(3)20(24)23-22-13(2)15-4-6-18-19(11-15)26-9-8-25-18/h4-7,10-11,14H,8-9H2,1-3H3,(H,23,24)/t14-/m0/s1. The summed E-state index contributed by atoms with van der Waals surface area (Å²) < 4.78 is 16.8. The Morgan fingerprint density at radius 3 is 2.67 bits per heavy atom. The van der Waals surface area contributed by atoms with Crippen LogP contribution in [0.4, 0.5) is 0 Å². The van der Waals surface area contributed by atoms with Crippen LogP contribution in [0.1, 0.15) is 25.0 Å². The zero-order valence-electron chi connectivity index (χ0n) is 15.4. The number of halogens is 1. The Kier molecular flexibility index (Phi) is 5.86. The predicted octanol–water partition coefficient (Wildman–Crippen LogP) is 3.73. The van der Waals surface area contributed by atoms with E-state index in [0.29, 0.717) is 41.2 Å². The van der Waals surface area contributed by atoms with E-state index < -0.39 is 6.10 Å². The lowest BCUT2D eigenvalue weighted by Crippen LogP contribution is -2.34. The number of aryl methyl sites for hydroxylation is 1. The fourth-order valence-corrected chi connectivity index (χ4v) is 2.78. The zero-order chi connectivity index (χ0) is 19.4. The van der Waals surface area contributed by atoms with Gasteiger partial charge in [-0.05, 0) is 62.7 Å². The minimum absolute atomic E-state index is 0.346. The number of carbonyl (C=O) groups excluding carboxylic acids is 1. The van der Waals surface area contributed by atoms with Gasteiger partial charge in [-0.25, -0.2) is 5.43 Å². The SMILES string of the molecule is CC(=NNC(=O)[C@H](C)Oc1ccc(Cl)cc1C)c1ccc2c(c1)OCCO2. The van der Waals surface area contributed by atoms with Gasteiger partial charge in [-0.15, -0.1) is 0 Å². The summed E-state index contributed by atoms with van der Waals surface area (Å²) in [6.07, 6.45) is -0.707. The van der Waals surface area contributed by atoms with Crippen molar-refractivity contribution >= 4 is 23.2 Å². The van der Waals surface area contributed by atoms with Gasteiger partial charge in [-0.1, -0.05) is 11.6 Å². The van der Waals surface area contributed by atoms with Gasteiger partial charge in [0.2, 0.25) is 0 Å². The molecule has 0 aromatic heterocycles. The highest BCUT2D eigenvalue weighted by Gasteiger charge is 2.16. The molecule has 0 radical (unpaired) electrons. The van der Waals surface area contributed by atoms with E-state index in [9.17, 15) is 4.79 Å². The number of benzene rings is 2. The molecule has 27 heavy (non-hydrogen) atoms. The van der Waals surface area contributed by atoms with Crippen LogP contribution in [-0.4, -0.2) is 30.9 Å².